The van der Waals surface area contributed by atoms with E-state index in [0.717, 1.165) is 5.82 Å². The molecule has 0 spiro atoms. The largest absolute Gasteiger partial charge is 0.478 e. The van der Waals surface area contributed by atoms with Gasteiger partial charge in [0.25, 0.3) is 0 Å². The summed E-state index contributed by atoms with van der Waals surface area (Å²) in [4.78, 5) is 17.4. The van der Waals surface area contributed by atoms with E-state index in [9.17, 15) is 4.79 Å². The number of aryl methyl sites for hydroxylation is 1. The lowest BCUT2D eigenvalue weighted by atomic mass is 10.1. The van der Waals surface area contributed by atoms with Crippen molar-refractivity contribution >= 4 is 11.8 Å². The number of carboxylic acids is 1. The van der Waals surface area contributed by atoms with E-state index >= 15 is 0 Å². The molecule has 0 aliphatic rings. The first-order valence-electron chi connectivity index (χ1n) is 5.87. The Morgan fingerprint density at radius 2 is 2.11 bits per heavy atom. The molecular weight excluding hydrogens is 228 g/mol. The summed E-state index contributed by atoms with van der Waals surface area (Å²) in [5, 5.41) is 8.99. The lowest BCUT2D eigenvalue weighted by molar-refractivity contribution is 0.0695. The number of hydrogen-bond acceptors (Lipinski definition) is 3. The minimum absolute atomic E-state index is 0.0988. The molecule has 0 fully saturated rings. The van der Waals surface area contributed by atoms with Gasteiger partial charge in [0, 0.05) is 12.1 Å². The summed E-state index contributed by atoms with van der Waals surface area (Å²) in [6.07, 6.45) is 1.81. The first kappa shape index (κ1) is 14.2. The second-order valence-corrected chi connectivity index (χ2v) is 5.18. The average Bonchev–Trinajstić information content (AvgIpc) is 2.23. The van der Waals surface area contributed by atoms with Crippen LogP contribution >= 0.6 is 0 Å². The van der Waals surface area contributed by atoms with E-state index in [-0.39, 0.29) is 11.1 Å². The quantitative estimate of drug-likeness (QED) is 0.832. The SMILES string of the molecule is C=CCN(c1ccc(C(=O)O)c(C)n1)C(C)(C)C. The van der Waals surface area contributed by atoms with E-state index in [1.54, 1.807) is 19.1 Å². The molecule has 1 rings (SSSR count). The first-order chi connectivity index (χ1) is 8.27. The number of carboxylic acid groups (broad SMARTS) is 1. The highest BCUT2D eigenvalue weighted by Crippen LogP contribution is 2.23. The number of aromatic carboxylic acids is 1. The average molecular weight is 248 g/mol. The zero-order chi connectivity index (χ0) is 13.9. The molecule has 0 amide bonds. The Balaban J connectivity index is 3.19. The van der Waals surface area contributed by atoms with Crippen LogP contribution in [0.1, 0.15) is 36.8 Å². The molecule has 0 aromatic carbocycles. The third-order valence-electron chi connectivity index (χ3n) is 2.70. The summed E-state index contributed by atoms with van der Waals surface area (Å²) in [6, 6.07) is 3.34. The van der Waals surface area contributed by atoms with E-state index in [4.69, 9.17) is 5.11 Å². The predicted octanol–water partition coefficient (Wildman–Crippen LogP) is 2.88. The Bertz CT molecular complexity index is 461. The summed E-state index contributed by atoms with van der Waals surface area (Å²) in [5.41, 5.74) is 0.669. The van der Waals surface area contributed by atoms with Crippen molar-refractivity contribution in [2.24, 2.45) is 0 Å². The van der Waals surface area contributed by atoms with Gasteiger partial charge in [-0.05, 0) is 39.8 Å². The topological polar surface area (TPSA) is 53.4 Å². The monoisotopic (exact) mass is 248 g/mol. The van der Waals surface area contributed by atoms with Crippen LogP contribution in [0, 0.1) is 6.92 Å². The zero-order valence-electron chi connectivity index (χ0n) is 11.4. The molecule has 98 valence electrons. The molecule has 0 aliphatic carbocycles. The minimum atomic E-state index is -0.947. The number of rotatable bonds is 4. The van der Waals surface area contributed by atoms with E-state index in [1.807, 2.05) is 6.08 Å². The van der Waals surface area contributed by atoms with Gasteiger partial charge in [-0.1, -0.05) is 6.08 Å². The maximum Gasteiger partial charge on any atom is 0.337 e. The Kier molecular flexibility index (Phi) is 4.11. The molecule has 18 heavy (non-hydrogen) atoms. The third kappa shape index (κ3) is 3.09. The smallest absolute Gasteiger partial charge is 0.337 e. The van der Waals surface area contributed by atoms with Crippen LogP contribution in [0.25, 0.3) is 0 Å². The van der Waals surface area contributed by atoms with Crippen LogP contribution in [0.3, 0.4) is 0 Å². The molecule has 4 heteroatoms. The number of aromatic nitrogens is 1. The van der Waals surface area contributed by atoms with Crippen LogP contribution in [0.2, 0.25) is 0 Å². The Morgan fingerprint density at radius 3 is 2.50 bits per heavy atom. The second-order valence-electron chi connectivity index (χ2n) is 5.18. The molecule has 1 N–H and O–H groups in total. The summed E-state index contributed by atoms with van der Waals surface area (Å²) < 4.78 is 0. The van der Waals surface area contributed by atoms with E-state index in [2.05, 4.69) is 37.2 Å². The van der Waals surface area contributed by atoms with Gasteiger partial charge < -0.3 is 10.0 Å². The summed E-state index contributed by atoms with van der Waals surface area (Å²) in [6.45, 7) is 12.4. The van der Waals surface area contributed by atoms with Gasteiger partial charge in [0.2, 0.25) is 0 Å². The summed E-state index contributed by atoms with van der Waals surface area (Å²) >= 11 is 0. The van der Waals surface area contributed by atoms with Gasteiger partial charge in [-0.25, -0.2) is 9.78 Å². The van der Waals surface area contributed by atoms with Crippen molar-refractivity contribution < 1.29 is 9.90 Å². The van der Waals surface area contributed by atoms with Gasteiger partial charge in [-0.15, -0.1) is 6.58 Å². The Morgan fingerprint density at radius 1 is 1.50 bits per heavy atom. The van der Waals surface area contributed by atoms with E-state index in [0.29, 0.717) is 12.2 Å². The van der Waals surface area contributed by atoms with Crippen LogP contribution < -0.4 is 4.90 Å². The normalized spacial score (nSPS) is 11.1. The molecule has 0 saturated heterocycles. The van der Waals surface area contributed by atoms with Gasteiger partial charge in [0.15, 0.2) is 0 Å². The van der Waals surface area contributed by atoms with Gasteiger partial charge in [-0.3, -0.25) is 0 Å². The number of anilines is 1. The fraction of sp³-hybridized carbons (Fsp3) is 0.429. The highest BCUT2D eigenvalue weighted by Gasteiger charge is 2.22. The molecule has 0 unspecified atom stereocenters. The molecular formula is C14H20N2O2. The Labute approximate surface area is 108 Å². The number of pyridine rings is 1. The maximum atomic E-state index is 11.0. The van der Waals surface area contributed by atoms with Crippen molar-refractivity contribution in [3.63, 3.8) is 0 Å². The predicted molar refractivity (Wildman–Crippen MR) is 73.2 cm³/mol. The van der Waals surface area contributed by atoms with Crippen molar-refractivity contribution in [3.05, 3.63) is 36.0 Å². The molecule has 4 nitrogen and oxygen atoms in total. The molecule has 0 bridgehead atoms. The molecule has 1 heterocycles. The van der Waals surface area contributed by atoms with Gasteiger partial charge in [0.05, 0.1) is 11.3 Å². The van der Waals surface area contributed by atoms with E-state index < -0.39 is 5.97 Å². The summed E-state index contributed by atoms with van der Waals surface area (Å²) in [7, 11) is 0. The van der Waals surface area contributed by atoms with Crippen LogP contribution in [0.4, 0.5) is 5.82 Å². The fourth-order valence-electron chi connectivity index (χ4n) is 1.76. The van der Waals surface area contributed by atoms with Gasteiger partial charge in [0.1, 0.15) is 5.82 Å². The fourth-order valence-corrected chi connectivity index (χ4v) is 1.76. The van der Waals surface area contributed by atoms with Gasteiger partial charge >= 0.3 is 5.97 Å². The minimum Gasteiger partial charge on any atom is -0.478 e. The maximum absolute atomic E-state index is 11.0. The van der Waals surface area contributed by atoms with Crippen LogP contribution in [-0.2, 0) is 0 Å². The van der Waals surface area contributed by atoms with Crippen molar-refractivity contribution in [2.45, 2.75) is 33.2 Å². The molecule has 1 aromatic heterocycles. The highest BCUT2D eigenvalue weighted by atomic mass is 16.4. The van der Waals surface area contributed by atoms with Crippen molar-refractivity contribution in [2.75, 3.05) is 11.4 Å². The number of hydrogen-bond donors (Lipinski definition) is 1. The standard InChI is InChI=1S/C14H20N2O2/c1-6-9-16(14(3,4)5)12-8-7-11(13(17)18)10(2)15-12/h6-8H,1,9H2,2-5H3,(H,17,18). The molecule has 0 radical (unpaired) electrons. The van der Waals surface area contributed by atoms with Crippen molar-refractivity contribution in [1.82, 2.24) is 4.98 Å². The van der Waals surface area contributed by atoms with Crippen LogP contribution in [0.15, 0.2) is 24.8 Å². The lowest BCUT2D eigenvalue weighted by Crippen LogP contribution is -2.42. The lowest BCUT2D eigenvalue weighted by Gasteiger charge is -2.36. The number of nitrogens with zero attached hydrogens (tertiary/aromatic N) is 2. The molecule has 0 aliphatic heterocycles. The Hall–Kier alpha value is -1.84. The highest BCUT2D eigenvalue weighted by molar-refractivity contribution is 5.89. The molecule has 1 aromatic rings. The third-order valence-corrected chi connectivity index (χ3v) is 2.70. The van der Waals surface area contributed by atoms with Crippen molar-refractivity contribution in [1.29, 1.82) is 0 Å². The number of carbonyl (C=O) groups is 1. The van der Waals surface area contributed by atoms with E-state index in [1.165, 1.54) is 0 Å². The van der Waals surface area contributed by atoms with Gasteiger partial charge in [-0.2, -0.15) is 0 Å². The zero-order valence-corrected chi connectivity index (χ0v) is 11.4. The van der Waals surface area contributed by atoms with Crippen LogP contribution in [0.5, 0.6) is 0 Å². The molecule has 0 saturated carbocycles. The molecule has 0 atom stereocenters. The first-order valence-corrected chi connectivity index (χ1v) is 5.87. The summed E-state index contributed by atoms with van der Waals surface area (Å²) in [5.74, 6) is -0.178. The second kappa shape index (κ2) is 5.21. The van der Waals surface area contributed by atoms with Crippen LogP contribution in [-0.4, -0.2) is 28.1 Å². The van der Waals surface area contributed by atoms with Crippen molar-refractivity contribution in [3.8, 4) is 0 Å².